The predicted octanol–water partition coefficient (Wildman–Crippen LogP) is 3.84. The van der Waals surface area contributed by atoms with Gasteiger partial charge >= 0.3 is 6.03 Å². The summed E-state index contributed by atoms with van der Waals surface area (Å²) < 4.78 is 0.414. The second-order valence-corrected chi connectivity index (χ2v) is 8.48. The molecule has 1 saturated heterocycles. The van der Waals surface area contributed by atoms with E-state index in [4.69, 9.17) is 0 Å². The zero-order valence-electron chi connectivity index (χ0n) is 14.7. The number of imide groups is 1. The van der Waals surface area contributed by atoms with E-state index < -0.39 is 5.66 Å². The van der Waals surface area contributed by atoms with E-state index in [0.29, 0.717) is 10.5 Å². The van der Waals surface area contributed by atoms with Crippen molar-refractivity contribution >= 4 is 38.3 Å². The molecule has 136 valence electrons. The highest BCUT2D eigenvalue weighted by Crippen LogP contribution is 2.39. The zero-order valence-corrected chi connectivity index (χ0v) is 16.3. The van der Waals surface area contributed by atoms with Crippen LogP contribution in [0, 0.1) is 0 Å². The van der Waals surface area contributed by atoms with E-state index >= 15 is 0 Å². The quantitative estimate of drug-likeness (QED) is 0.651. The summed E-state index contributed by atoms with van der Waals surface area (Å²) >= 11 is 3.33. The number of amides is 3. The van der Waals surface area contributed by atoms with Gasteiger partial charge in [-0.15, -0.1) is 0 Å². The minimum Gasteiger partial charge on any atom is -0.291 e. The fraction of sp³-hybridized carbons (Fsp3) is 0.778. The monoisotopic (exact) mass is 408 g/mol. The van der Waals surface area contributed by atoms with E-state index in [0.717, 1.165) is 51.4 Å². The first-order valence-corrected chi connectivity index (χ1v) is 10.3. The third-order valence-electron chi connectivity index (χ3n) is 6.14. The molecule has 0 radical (unpaired) electrons. The van der Waals surface area contributed by atoms with E-state index in [9.17, 15) is 9.59 Å². The molecule has 3 fully saturated rings. The average Bonchev–Trinajstić information content (AvgIpc) is 2.92. The summed E-state index contributed by atoms with van der Waals surface area (Å²) in [5.74, 6) is -0.246. The Hall–Kier alpha value is -1.24. The molecule has 0 aromatic carbocycles. The largest absolute Gasteiger partial charge is 0.329 e. The standard InChI is InChI=1S/C18H25BrN4O2/c1-18-14(20-16(19)21-18)15(24)22(12-8-4-2-5-9-12)17(25)23(18)13-10-6-3-7-11-13/h12-13H,2-11H2,1H3. The lowest BCUT2D eigenvalue weighted by Gasteiger charge is -2.50. The van der Waals surface area contributed by atoms with E-state index in [1.165, 1.54) is 17.7 Å². The number of hydrogen-bond donors (Lipinski definition) is 0. The molecule has 0 bridgehead atoms. The summed E-state index contributed by atoms with van der Waals surface area (Å²) in [4.78, 5) is 39.0. The minimum absolute atomic E-state index is 0.00599. The second kappa shape index (κ2) is 6.49. The topological polar surface area (TPSA) is 65.3 Å². The van der Waals surface area contributed by atoms with Crippen LogP contribution in [0.1, 0.15) is 71.1 Å². The van der Waals surface area contributed by atoms with E-state index in [-0.39, 0.29) is 24.0 Å². The van der Waals surface area contributed by atoms with Crippen molar-refractivity contribution in [1.29, 1.82) is 0 Å². The number of hydrogen-bond acceptors (Lipinski definition) is 4. The smallest absolute Gasteiger partial charge is 0.291 e. The van der Waals surface area contributed by atoms with Gasteiger partial charge in [0.1, 0.15) is 0 Å². The molecule has 2 aliphatic heterocycles. The Morgan fingerprint density at radius 3 is 2.12 bits per heavy atom. The zero-order chi connectivity index (χ0) is 17.6. The van der Waals surface area contributed by atoms with Crippen molar-refractivity contribution in [2.24, 2.45) is 9.98 Å². The molecular formula is C18H25BrN4O2. The number of amidine groups is 1. The van der Waals surface area contributed by atoms with Crippen molar-refractivity contribution in [3.63, 3.8) is 0 Å². The lowest BCUT2D eigenvalue weighted by Crippen LogP contribution is -2.71. The lowest BCUT2D eigenvalue weighted by atomic mass is 9.88. The maximum atomic E-state index is 13.5. The molecule has 4 rings (SSSR count). The number of fused-ring (bicyclic) bond motifs is 1. The normalized spacial score (nSPS) is 31.9. The maximum absolute atomic E-state index is 13.5. The maximum Gasteiger partial charge on any atom is 0.329 e. The fourth-order valence-electron chi connectivity index (χ4n) is 4.89. The number of carbonyl (C=O) groups excluding carboxylic acids is 2. The van der Waals surface area contributed by atoms with Gasteiger partial charge < -0.3 is 0 Å². The Balaban J connectivity index is 1.73. The summed E-state index contributed by atoms with van der Waals surface area (Å²) in [6, 6.07) is -0.0135. The van der Waals surface area contributed by atoms with Crippen molar-refractivity contribution in [1.82, 2.24) is 9.80 Å². The first-order chi connectivity index (χ1) is 12.0. The second-order valence-electron chi connectivity index (χ2n) is 7.77. The van der Waals surface area contributed by atoms with Gasteiger partial charge in [-0.05, 0) is 48.5 Å². The molecule has 0 aromatic heterocycles. The number of carbonyl (C=O) groups is 2. The van der Waals surface area contributed by atoms with Gasteiger partial charge in [-0.3, -0.25) is 14.6 Å². The first-order valence-electron chi connectivity index (χ1n) is 9.54. The van der Waals surface area contributed by atoms with E-state index in [2.05, 4.69) is 25.9 Å². The lowest BCUT2D eigenvalue weighted by molar-refractivity contribution is -0.127. The molecule has 0 aromatic rings. The van der Waals surface area contributed by atoms with Crippen LogP contribution in [0.3, 0.4) is 0 Å². The molecule has 2 aliphatic carbocycles. The summed E-state index contributed by atoms with van der Waals surface area (Å²) in [6.07, 6.45) is 10.6. The molecule has 0 spiro atoms. The van der Waals surface area contributed by atoms with Crippen LogP contribution in [-0.2, 0) is 4.79 Å². The Morgan fingerprint density at radius 1 is 0.960 bits per heavy atom. The molecule has 6 nitrogen and oxygen atoms in total. The van der Waals surface area contributed by atoms with Crippen molar-refractivity contribution in [2.75, 3.05) is 0 Å². The fourth-order valence-corrected chi connectivity index (χ4v) is 5.41. The van der Waals surface area contributed by atoms with Crippen LogP contribution in [0.2, 0.25) is 0 Å². The van der Waals surface area contributed by atoms with Crippen LogP contribution >= 0.6 is 15.9 Å². The van der Waals surface area contributed by atoms with Gasteiger partial charge in [0.05, 0.1) is 0 Å². The molecule has 4 aliphatic rings. The highest BCUT2D eigenvalue weighted by atomic mass is 79.9. The number of aliphatic imine (C=N–C) groups is 2. The van der Waals surface area contributed by atoms with Crippen LogP contribution in [0.25, 0.3) is 0 Å². The Morgan fingerprint density at radius 2 is 1.52 bits per heavy atom. The van der Waals surface area contributed by atoms with Crippen LogP contribution in [-0.4, -0.2) is 49.9 Å². The Kier molecular flexibility index (Phi) is 4.46. The van der Waals surface area contributed by atoms with Crippen molar-refractivity contribution in [2.45, 2.75) is 88.9 Å². The predicted molar refractivity (Wildman–Crippen MR) is 100 cm³/mol. The first kappa shape index (κ1) is 17.2. The highest BCUT2D eigenvalue weighted by molar-refractivity contribution is 9.18. The summed E-state index contributed by atoms with van der Waals surface area (Å²) in [5.41, 5.74) is -0.560. The molecule has 0 N–H and O–H groups in total. The van der Waals surface area contributed by atoms with Crippen LogP contribution in [0.15, 0.2) is 9.98 Å². The molecule has 2 heterocycles. The van der Waals surface area contributed by atoms with E-state index in [1.54, 1.807) is 0 Å². The Labute approximate surface area is 156 Å². The summed E-state index contributed by atoms with van der Waals surface area (Å²) in [5, 5.41) is 0. The van der Waals surface area contributed by atoms with Crippen molar-refractivity contribution < 1.29 is 9.59 Å². The van der Waals surface area contributed by atoms with Gasteiger partial charge in [0.25, 0.3) is 5.91 Å². The number of nitrogens with zero attached hydrogens (tertiary/aromatic N) is 4. The van der Waals surface area contributed by atoms with Gasteiger partial charge in [0, 0.05) is 12.1 Å². The summed E-state index contributed by atoms with van der Waals surface area (Å²) in [6.45, 7) is 1.86. The average molecular weight is 409 g/mol. The van der Waals surface area contributed by atoms with Gasteiger partial charge in [-0.1, -0.05) is 38.5 Å². The SMILES string of the molecule is CC12N=C(Br)N=C1C(=O)N(C1CCCCC1)C(=O)N2C1CCCCC1. The van der Waals surface area contributed by atoms with Crippen LogP contribution in [0.5, 0.6) is 0 Å². The number of halogens is 1. The Bertz CT molecular complexity index is 649. The minimum atomic E-state index is -0.958. The third-order valence-corrected chi connectivity index (χ3v) is 6.50. The molecule has 25 heavy (non-hydrogen) atoms. The summed E-state index contributed by atoms with van der Waals surface area (Å²) in [7, 11) is 0. The molecule has 2 saturated carbocycles. The third kappa shape index (κ3) is 2.75. The molecule has 3 amide bonds. The van der Waals surface area contributed by atoms with Crippen molar-refractivity contribution in [3.05, 3.63) is 0 Å². The molecule has 7 heteroatoms. The van der Waals surface area contributed by atoms with Gasteiger partial charge in [-0.25, -0.2) is 14.8 Å². The van der Waals surface area contributed by atoms with E-state index in [1.807, 2.05) is 11.8 Å². The van der Waals surface area contributed by atoms with Crippen LogP contribution < -0.4 is 0 Å². The van der Waals surface area contributed by atoms with Gasteiger partial charge in [-0.2, -0.15) is 0 Å². The molecular weight excluding hydrogens is 384 g/mol. The van der Waals surface area contributed by atoms with Gasteiger partial charge in [0.15, 0.2) is 16.1 Å². The highest BCUT2D eigenvalue weighted by Gasteiger charge is 2.57. The molecule has 1 atom stereocenters. The number of urea groups is 1. The van der Waals surface area contributed by atoms with Crippen LogP contribution in [0.4, 0.5) is 4.79 Å². The van der Waals surface area contributed by atoms with Crippen molar-refractivity contribution in [3.8, 4) is 0 Å². The molecule has 1 unspecified atom stereocenters. The number of rotatable bonds is 2. The van der Waals surface area contributed by atoms with Gasteiger partial charge in [0.2, 0.25) is 0 Å².